The molecular weight excluding hydrogens is 231 g/mol. The summed E-state index contributed by atoms with van der Waals surface area (Å²) in [4.78, 5) is 0.874. The van der Waals surface area contributed by atoms with Gasteiger partial charge in [0.1, 0.15) is 0 Å². The highest BCUT2D eigenvalue weighted by molar-refractivity contribution is 7.21. The molecule has 0 saturated heterocycles. The summed E-state index contributed by atoms with van der Waals surface area (Å²) in [5.74, 6) is 0. The van der Waals surface area contributed by atoms with Crippen molar-refractivity contribution in [2.24, 2.45) is 0 Å². The number of thiophene rings is 1. The molecule has 1 heterocycles. The summed E-state index contributed by atoms with van der Waals surface area (Å²) in [6, 6.07) is 7.98. The molecule has 1 aromatic heterocycles. The van der Waals surface area contributed by atoms with E-state index in [9.17, 15) is 10.0 Å². The highest BCUT2D eigenvalue weighted by Crippen LogP contribution is 2.36. The van der Waals surface area contributed by atoms with E-state index in [1.54, 1.807) is 30.4 Å². The minimum atomic E-state index is -1.45. The first-order chi connectivity index (χ1) is 8.19. The molecule has 0 amide bonds. The fourth-order valence-electron chi connectivity index (χ4n) is 1.88. The van der Waals surface area contributed by atoms with Crippen molar-refractivity contribution in [1.82, 2.24) is 0 Å². The molecular formula is C13H13BO2S. The molecule has 4 heteroatoms. The van der Waals surface area contributed by atoms with E-state index in [4.69, 9.17) is 0 Å². The molecule has 86 valence electrons. The van der Waals surface area contributed by atoms with Crippen LogP contribution in [0.2, 0.25) is 0 Å². The summed E-state index contributed by atoms with van der Waals surface area (Å²) in [7, 11) is -1.45. The van der Waals surface area contributed by atoms with Gasteiger partial charge in [0.2, 0.25) is 0 Å². The van der Waals surface area contributed by atoms with Crippen LogP contribution in [0.5, 0.6) is 0 Å². The molecule has 0 radical (unpaired) electrons. The number of rotatable bonds is 3. The standard InChI is InChI=1S/C13H13BO2S/c1-3-9-10-7-5-6-8-12(10)17-13(9)11(4-2)14(15)16/h3-8,15-16H,1H2,2H3/b11-4+. The van der Waals surface area contributed by atoms with Gasteiger partial charge in [-0.1, -0.05) is 36.9 Å². The van der Waals surface area contributed by atoms with Crippen molar-refractivity contribution in [3.05, 3.63) is 47.4 Å². The largest absolute Gasteiger partial charge is 0.489 e. The van der Waals surface area contributed by atoms with Crippen molar-refractivity contribution >= 4 is 40.1 Å². The lowest BCUT2D eigenvalue weighted by atomic mass is 9.77. The first kappa shape index (κ1) is 12.1. The maximum absolute atomic E-state index is 9.37. The molecule has 2 aromatic rings. The number of fused-ring (bicyclic) bond motifs is 1. The summed E-state index contributed by atoms with van der Waals surface area (Å²) < 4.78 is 1.12. The van der Waals surface area contributed by atoms with Gasteiger partial charge in [0.25, 0.3) is 0 Å². The minimum Gasteiger partial charge on any atom is -0.423 e. The fourth-order valence-corrected chi connectivity index (χ4v) is 3.18. The molecule has 0 spiro atoms. The quantitative estimate of drug-likeness (QED) is 0.815. The van der Waals surface area contributed by atoms with Gasteiger partial charge in [-0.05, 0) is 24.0 Å². The molecule has 0 fully saturated rings. The average molecular weight is 244 g/mol. The van der Waals surface area contributed by atoms with Crippen molar-refractivity contribution in [3.8, 4) is 0 Å². The van der Waals surface area contributed by atoms with E-state index in [0.29, 0.717) is 5.47 Å². The Bertz CT molecular complexity index is 584. The summed E-state index contributed by atoms with van der Waals surface area (Å²) in [6.45, 7) is 5.60. The topological polar surface area (TPSA) is 40.5 Å². The van der Waals surface area contributed by atoms with Crippen molar-refractivity contribution in [2.45, 2.75) is 6.92 Å². The van der Waals surface area contributed by atoms with Crippen molar-refractivity contribution in [3.63, 3.8) is 0 Å². The highest BCUT2D eigenvalue weighted by atomic mass is 32.1. The van der Waals surface area contributed by atoms with E-state index in [0.717, 1.165) is 20.5 Å². The van der Waals surface area contributed by atoms with Crippen LogP contribution < -0.4 is 0 Å². The summed E-state index contributed by atoms with van der Waals surface area (Å²) in [5, 5.41) is 19.8. The predicted octanol–water partition coefficient (Wildman–Crippen LogP) is 2.96. The number of hydrogen-bond acceptors (Lipinski definition) is 3. The van der Waals surface area contributed by atoms with Gasteiger partial charge in [-0.2, -0.15) is 0 Å². The van der Waals surface area contributed by atoms with Crippen molar-refractivity contribution < 1.29 is 10.0 Å². The van der Waals surface area contributed by atoms with Gasteiger partial charge in [0.15, 0.2) is 0 Å². The molecule has 0 aliphatic rings. The Balaban J connectivity index is 2.73. The van der Waals surface area contributed by atoms with Crippen LogP contribution in [-0.4, -0.2) is 17.2 Å². The lowest BCUT2D eigenvalue weighted by Crippen LogP contribution is -2.13. The van der Waals surface area contributed by atoms with Gasteiger partial charge in [-0.3, -0.25) is 0 Å². The normalized spacial score (nSPS) is 11.8. The number of hydrogen-bond donors (Lipinski definition) is 2. The summed E-state index contributed by atoms with van der Waals surface area (Å²) >= 11 is 1.55. The molecule has 1 aromatic carbocycles. The van der Waals surface area contributed by atoms with Crippen molar-refractivity contribution in [1.29, 1.82) is 0 Å². The molecule has 17 heavy (non-hydrogen) atoms. The van der Waals surface area contributed by atoms with E-state index in [1.807, 2.05) is 24.3 Å². The second kappa shape index (κ2) is 4.88. The molecule has 0 aliphatic heterocycles. The van der Waals surface area contributed by atoms with Crippen LogP contribution in [0.1, 0.15) is 17.4 Å². The molecule has 2 N–H and O–H groups in total. The second-order valence-corrected chi connectivity index (χ2v) is 4.72. The Morgan fingerprint density at radius 1 is 1.35 bits per heavy atom. The Labute approximate surface area is 105 Å². The van der Waals surface area contributed by atoms with Gasteiger partial charge >= 0.3 is 7.12 Å². The lowest BCUT2D eigenvalue weighted by molar-refractivity contribution is 0.427. The van der Waals surface area contributed by atoms with Crippen LogP contribution in [0.15, 0.2) is 36.9 Å². The van der Waals surface area contributed by atoms with Crippen LogP contribution in [-0.2, 0) is 0 Å². The highest BCUT2D eigenvalue weighted by Gasteiger charge is 2.21. The van der Waals surface area contributed by atoms with Crippen molar-refractivity contribution in [2.75, 3.05) is 0 Å². The van der Waals surface area contributed by atoms with Gasteiger partial charge in [0.05, 0.1) is 0 Å². The monoisotopic (exact) mass is 244 g/mol. The van der Waals surface area contributed by atoms with E-state index >= 15 is 0 Å². The van der Waals surface area contributed by atoms with Crippen LogP contribution in [0.3, 0.4) is 0 Å². The lowest BCUT2D eigenvalue weighted by Gasteiger charge is -2.04. The van der Waals surface area contributed by atoms with Gasteiger partial charge in [-0.25, -0.2) is 0 Å². The number of allylic oxidation sites excluding steroid dienone is 1. The second-order valence-electron chi connectivity index (χ2n) is 3.66. The Morgan fingerprint density at radius 2 is 2.06 bits per heavy atom. The third kappa shape index (κ3) is 2.07. The third-order valence-corrected chi connectivity index (χ3v) is 3.93. The van der Waals surface area contributed by atoms with Gasteiger partial charge in [0, 0.05) is 15.0 Å². The molecule has 2 nitrogen and oxygen atoms in total. The molecule has 2 rings (SSSR count). The zero-order valence-electron chi connectivity index (χ0n) is 9.55. The predicted molar refractivity (Wildman–Crippen MR) is 75.8 cm³/mol. The van der Waals surface area contributed by atoms with Gasteiger partial charge in [-0.15, -0.1) is 11.3 Å². The first-order valence-electron chi connectivity index (χ1n) is 5.35. The maximum Gasteiger partial charge on any atom is 0.489 e. The SMILES string of the molecule is C=Cc1c(/C(=C\C)B(O)O)sc2ccccc12. The van der Waals surface area contributed by atoms with E-state index in [-0.39, 0.29) is 0 Å². The molecule has 0 aliphatic carbocycles. The summed E-state index contributed by atoms with van der Waals surface area (Å²) in [6.07, 6.45) is 3.49. The zero-order valence-corrected chi connectivity index (χ0v) is 10.4. The molecule has 0 bridgehead atoms. The molecule has 0 saturated carbocycles. The third-order valence-electron chi connectivity index (χ3n) is 2.69. The van der Waals surface area contributed by atoms with E-state index in [2.05, 4.69) is 6.58 Å². The Kier molecular flexibility index (Phi) is 3.47. The van der Waals surface area contributed by atoms with Crippen LogP contribution in [0.25, 0.3) is 21.6 Å². The minimum absolute atomic E-state index is 0.529. The van der Waals surface area contributed by atoms with E-state index in [1.165, 1.54) is 0 Å². The van der Waals surface area contributed by atoms with E-state index < -0.39 is 7.12 Å². The van der Waals surface area contributed by atoms with Gasteiger partial charge < -0.3 is 10.0 Å². The fraction of sp³-hybridized carbons (Fsp3) is 0.0769. The number of benzene rings is 1. The summed E-state index contributed by atoms with van der Waals surface area (Å²) in [5.41, 5.74) is 1.49. The smallest absolute Gasteiger partial charge is 0.423 e. The van der Waals surface area contributed by atoms with Crippen LogP contribution >= 0.6 is 11.3 Å². The van der Waals surface area contributed by atoms with Crippen LogP contribution in [0.4, 0.5) is 0 Å². The molecule has 0 atom stereocenters. The Morgan fingerprint density at radius 3 is 2.65 bits per heavy atom. The Hall–Kier alpha value is -1.36. The zero-order chi connectivity index (χ0) is 12.4. The van der Waals surface area contributed by atoms with Crippen LogP contribution in [0, 0.1) is 0 Å². The molecule has 0 unspecified atom stereocenters. The maximum atomic E-state index is 9.37. The first-order valence-corrected chi connectivity index (χ1v) is 6.17. The average Bonchev–Trinajstić information content (AvgIpc) is 2.67.